The normalized spacial score (nSPS) is 14.3. The summed E-state index contributed by atoms with van der Waals surface area (Å²) >= 11 is 0. The number of hydrogen-bond donors (Lipinski definition) is 0. The number of para-hydroxylation sites is 2. The number of fused-ring (bicyclic) bond motifs is 9. The van der Waals surface area contributed by atoms with Crippen LogP contribution in [-0.2, 0) is 5.41 Å². The zero-order valence-electron chi connectivity index (χ0n) is 34.1. The van der Waals surface area contributed by atoms with Gasteiger partial charge in [-0.3, -0.25) is 0 Å². The highest BCUT2D eigenvalue weighted by Gasteiger charge is 2.36. The SMILES string of the molecule is CC1(C)c2ccc(-c3ccccc3)cc2-c2ccc(N(C3=CC=C(c4ccccc4)C=CC3)c3ccc(-n4c5ccccc5c5cc6oc7ccccc7c6cc54)cc3)cc21. The van der Waals surface area contributed by atoms with Crippen molar-refractivity contribution in [2.45, 2.75) is 25.7 Å². The zero-order chi connectivity index (χ0) is 40.7. The maximum atomic E-state index is 6.36. The Bertz CT molecular complexity index is 3450. The van der Waals surface area contributed by atoms with Crippen molar-refractivity contribution >= 4 is 60.7 Å². The largest absolute Gasteiger partial charge is 0.456 e. The molecule has 0 atom stereocenters. The summed E-state index contributed by atoms with van der Waals surface area (Å²) in [5, 5.41) is 4.65. The first-order valence-electron chi connectivity index (χ1n) is 21.2. The van der Waals surface area contributed by atoms with E-state index in [9.17, 15) is 0 Å². The van der Waals surface area contributed by atoms with Crippen molar-refractivity contribution in [1.29, 1.82) is 0 Å². The quantitative estimate of drug-likeness (QED) is 0.168. The molecular weight excluding hydrogens is 741 g/mol. The monoisotopic (exact) mass is 782 g/mol. The molecule has 0 unspecified atom stereocenters. The molecule has 0 saturated carbocycles. The van der Waals surface area contributed by atoms with Crippen LogP contribution < -0.4 is 4.90 Å². The zero-order valence-corrected chi connectivity index (χ0v) is 34.1. The standard InChI is InChI=1S/C58H42N2O/c1-58(2)52-33-25-41(39-16-7-4-8-17-39)34-49(52)46-32-31-45(35-53(46)58)59(42-19-13-18-40(24-26-42)38-14-5-3-6-15-38)43-27-29-44(30-28-43)60-54-22-11-9-20-47(54)50-37-57-51(36-55(50)60)48-21-10-12-23-56(48)61-57/h3-18,20-37H,19H2,1-2H3. The van der Waals surface area contributed by atoms with Crippen molar-refractivity contribution in [3.05, 3.63) is 229 Å². The number of anilines is 2. The van der Waals surface area contributed by atoms with E-state index in [1.54, 1.807) is 0 Å². The van der Waals surface area contributed by atoms with E-state index in [4.69, 9.17) is 4.42 Å². The van der Waals surface area contributed by atoms with Crippen molar-refractivity contribution in [2.24, 2.45) is 0 Å². The number of nitrogens with zero attached hydrogens (tertiary/aromatic N) is 2. The first kappa shape index (κ1) is 35.3. The molecule has 8 aromatic carbocycles. The van der Waals surface area contributed by atoms with E-state index in [1.165, 1.54) is 66.5 Å². The van der Waals surface area contributed by atoms with E-state index < -0.39 is 0 Å². The van der Waals surface area contributed by atoms with Crippen molar-refractivity contribution in [2.75, 3.05) is 4.90 Å². The summed E-state index contributed by atoms with van der Waals surface area (Å²) in [6.07, 6.45) is 9.93. The first-order valence-corrected chi connectivity index (χ1v) is 21.2. The summed E-state index contributed by atoms with van der Waals surface area (Å²) in [4.78, 5) is 2.46. The summed E-state index contributed by atoms with van der Waals surface area (Å²) in [7, 11) is 0. The third kappa shape index (κ3) is 5.65. The lowest BCUT2D eigenvalue weighted by Gasteiger charge is -2.29. The van der Waals surface area contributed by atoms with E-state index in [0.717, 1.165) is 50.9 Å². The van der Waals surface area contributed by atoms with Crippen LogP contribution in [0.25, 0.3) is 77.3 Å². The van der Waals surface area contributed by atoms with E-state index in [2.05, 4.69) is 224 Å². The Kier molecular flexibility index (Phi) is 7.95. The molecule has 2 aromatic heterocycles. The van der Waals surface area contributed by atoms with Crippen molar-refractivity contribution in [1.82, 2.24) is 4.57 Å². The van der Waals surface area contributed by atoms with Gasteiger partial charge in [0, 0.05) is 56.1 Å². The molecule has 3 heteroatoms. The molecule has 2 aliphatic rings. The molecule has 2 heterocycles. The Morgan fingerprint density at radius 1 is 0.492 bits per heavy atom. The Balaban J connectivity index is 1.00. The van der Waals surface area contributed by atoms with Crippen LogP contribution >= 0.6 is 0 Å². The summed E-state index contributed by atoms with van der Waals surface area (Å²) < 4.78 is 8.76. The fourth-order valence-electron chi connectivity index (χ4n) is 9.99. The number of benzene rings is 8. The lowest BCUT2D eigenvalue weighted by molar-refractivity contribution is 0.660. The summed E-state index contributed by atoms with van der Waals surface area (Å²) in [6, 6.07) is 66.2. The van der Waals surface area contributed by atoms with Crippen LogP contribution in [0.4, 0.5) is 11.4 Å². The highest BCUT2D eigenvalue weighted by Crippen LogP contribution is 2.51. The minimum Gasteiger partial charge on any atom is -0.456 e. The van der Waals surface area contributed by atoms with Crippen LogP contribution in [0.15, 0.2) is 216 Å². The van der Waals surface area contributed by atoms with Crippen LogP contribution in [-0.4, -0.2) is 4.57 Å². The Morgan fingerprint density at radius 3 is 2.03 bits per heavy atom. The van der Waals surface area contributed by atoms with E-state index >= 15 is 0 Å². The average Bonchev–Trinajstić information content (AvgIpc) is 3.82. The molecule has 0 saturated heterocycles. The molecule has 0 aliphatic heterocycles. The molecule has 2 aliphatic carbocycles. The van der Waals surface area contributed by atoms with E-state index in [-0.39, 0.29) is 5.41 Å². The molecule has 3 nitrogen and oxygen atoms in total. The number of rotatable bonds is 6. The van der Waals surface area contributed by atoms with Crippen molar-refractivity contribution in [3.63, 3.8) is 0 Å². The lowest BCUT2D eigenvalue weighted by Crippen LogP contribution is -2.19. The third-order valence-electron chi connectivity index (χ3n) is 13.0. The maximum Gasteiger partial charge on any atom is 0.136 e. The predicted molar refractivity (Wildman–Crippen MR) is 256 cm³/mol. The average molecular weight is 783 g/mol. The molecule has 0 radical (unpaired) electrons. The van der Waals surface area contributed by atoms with Crippen molar-refractivity contribution < 1.29 is 4.42 Å². The molecule has 0 spiro atoms. The second kappa shape index (κ2) is 13.7. The van der Waals surface area contributed by atoms with Gasteiger partial charge in [0.1, 0.15) is 11.2 Å². The summed E-state index contributed by atoms with van der Waals surface area (Å²) in [5.74, 6) is 0. The Morgan fingerprint density at radius 2 is 1.21 bits per heavy atom. The molecule has 10 aromatic rings. The van der Waals surface area contributed by atoms with Gasteiger partial charge in [-0.1, -0.05) is 147 Å². The second-order valence-corrected chi connectivity index (χ2v) is 16.9. The van der Waals surface area contributed by atoms with E-state index in [0.29, 0.717) is 0 Å². The van der Waals surface area contributed by atoms with Crippen LogP contribution in [0.5, 0.6) is 0 Å². The Labute approximate surface area is 355 Å². The molecule has 290 valence electrons. The van der Waals surface area contributed by atoms with Gasteiger partial charge in [0.15, 0.2) is 0 Å². The highest BCUT2D eigenvalue weighted by molar-refractivity contribution is 6.17. The summed E-state index contributed by atoms with van der Waals surface area (Å²) in [5.41, 5.74) is 18.8. The van der Waals surface area contributed by atoms with Gasteiger partial charge in [0.2, 0.25) is 0 Å². The van der Waals surface area contributed by atoms with Gasteiger partial charge in [-0.15, -0.1) is 0 Å². The molecule has 0 bridgehead atoms. The van der Waals surface area contributed by atoms with Gasteiger partial charge in [-0.2, -0.15) is 0 Å². The molecule has 0 N–H and O–H groups in total. The Hall–Kier alpha value is -7.62. The van der Waals surface area contributed by atoms with Crippen LogP contribution in [0.3, 0.4) is 0 Å². The summed E-state index contributed by atoms with van der Waals surface area (Å²) in [6.45, 7) is 4.74. The number of furan rings is 1. The molecule has 12 rings (SSSR count). The fraction of sp³-hybridized carbons (Fsp3) is 0.0690. The van der Waals surface area contributed by atoms with Crippen LogP contribution in [0.1, 0.15) is 37.0 Å². The number of hydrogen-bond acceptors (Lipinski definition) is 2. The van der Waals surface area contributed by atoms with E-state index in [1.807, 2.05) is 6.07 Å². The second-order valence-electron chi connectivity index (χ2n) is 16.9. The van der Waals surface area contributed by atoms with Gasteiger partial charge >= 0.3 is 0 Å². The molecule has 61 heavy (non-hydrogen) atoms. The van der Waals surface area contributed by atoms with Gasteiger partial charge in [0.05, 0.1) is 11.0 Å². The number of allylic oxidation sites excluding steroid dienone is 5. The molecule has 0 amide bonds. The number of aromatic nitrogens is 1. The maximum absolute atomic E-state index is 6.36. The van der Waals surface area contributed by atoms with Crippen molar-refractivity contribution in [3.8, 4) is 27.9 Å². The topological polar surface area (TPSA) is 21.3 Å². The van der Waals surface area contributed by atoms with Gasteiger partial charge in [0.25, 0.3) is 0 Å². The lowest BCUT2D eigenvalue weighted by atomic mass is 9.82. The van der Waals surface area contributed by atoms with Gasteiger partial charge in [-0.25, -0.2) is 0 Å². The van der Waals surface area contributed by atoms with Crippen LogP contribution in [0.2, 0.25) is 0 Å². The van der Waals surface area contributed by atoms with Gasteiger partial charge < -0.3 is 13.9 Å². The minimum atomic E-state index is -0.161. The highest BCUT2D eigenvalue weighted by atomic mass is 16.3. The minimum absolute atomic E-state index is 0.161. The van der Waals surface area contributed by atoms with Gasteiger partial charge in [-0.05, 0) is 117 Å². The fourth-order valence-corrected chi connectivity index (χ4v) is 9.99. The molecular formula is C58H42N2O. The third-order valence-corrected chi connectivity index (χ3v) is 13.0. The predicted octanol–water partition coefficient (Wildman–Crippen LogP) is 15.7. The van der Waals surface area contributed by atoms with Crippen LogP contribution in [0, 0.1) is 0 Å². The first-order chi connectivity index (χ1) is 30.0. The smallest absolute Gasteiger partial charge is 0.136 e. The molecule has 0 fully saturated rings.